The summed E-state index contributed by atoms with van der Waals surface area (Å²) < 4.78 is 5.21. The fraction of sp³-hybridized carbons (Fsp3) is 0.900. The van der Waals surface area contributed by atoms with Crippen LogP contribution in [0.3, 0.4) is 0 Å². The summed E-state index contributed by atoms with van der Waals surface area (Å²) in [6.45, 7) is 7.59. The minimum Gasteiger partial charge on any atom is -0.460 e. The summed E-state index contributed by atoms with van der Waals surface area (Å²) in [6.07, 6.45) is 1.09. The Morgan fingerprint density at radius 3 is 2.46 bits per heavy atom. The molecule has 0 aliphatic carbocycles. The third-order valence-corrected chi connectivity index (χ3v) is 2.07. The van der Waals surface area contributed by atoms with Crippen molar-refractivity contribution in [3.05, 3.63) is 0 Å². The smallest absolute Gasteiger partial charge is 0.306 e. The van der Waals surface area contributed by atoms with Crippen LogP contribution in [0.4, 0.5) is 0 Å². The maximum Gasteiger partial charge on any atom is 0.306 e. The fourth-order valence-electron chi connectivity index (χ4n) is 0.771. The van der Waals surface area contributed by atoms with Crippen LogP contribution in [-0.4, -0.2) is 23.3 Å². The summed E-state index contributed by atoms with van der Waals surface area (Å²) in [5, 5.41) is 8.73. The Kier molecular flexibility index (Phi) is 4.99. The lowest BCUT2D eigenvalue weighted by molar-refractivity contribution is -0.158. The molecule has 3 heteroatoms. The molecule has 0 bridgehead atoms. The summed E-state index contributed by atoms with van der Waals surface area (Å²) >= 11 is 0. The van der Waals surface area contributed by atoms with E-state index in [2.05, 4.69) is 0 Å². The van der Waals surface area contributed by atoms with Crippen LogP contribution in [0.25, 0.3) is 0 Å². The standard InChI is InChI=1S/C10H20O3/c1-5-10(3,4)13-9(12)6-8(2)7-11/h8,11H,5-7H2,1-4H3. The van der Waals surface area contributed by atoms with Crippen LogP contribution in [0.5, 0.6) is 0 Å². The normalized spacial score (nSPS) is 13.9. The number of rotatable bonds is 5. The number of hydrogen-bond acceptors (Lipinski definition) is 3. The van der Waals surface area contributed by atoms with E-state index in [0.29, 0.717) is 6.42 Å². The molecule has 1 unspecified atom stereocenters. The van der Waals surface area contributed by atoms with Crippen LogP contribution in [0.2, 0.25) is 0 Å². The van der Waals surface area contributed by atoms with Crippen LogP contribution in [0.15, 0.2) is 0 Å². The molecule has 0 spiro atoms. The van der Waals surface area contributed by atoms with Crippen molar-refractivity contribution < 1.29 is 14.6 Å². The summed E-state index contributed by atoms with van der Waals surface area (Å²) in [5.41, 5.74) is -0.383. The highest BCUT2D eigenvalue weighted by Gasteiger charge is 2.21. The number of ether oxygens (including phenoxy) is 1. The van der Waals surface area contributed by atoms with Gasteiger partial charge in [-0.2, -0.15) is 0 Å². The van der Waals surface area contributed by atoms with Gasteiger partial charge in [0, 0.05) is 6.61 Å². The number of carbonyl (C=O) groups excluding carboxylic acids is 1. The van der Waals surface area contributed by atoms with Crippen molar-refractivity contribution >= 4 is 5.97 Å². The van der Waals surface area contributed by atoms with E-state index in [1.807, 2.05) is 27.7 Å². The number of aliphatic hydroxyl groups is 1. The maximum atomic E-state index is 11.3. The zero-order valence-electron chi connectivity index (χ0n) is 8.96. The first-order chi connectivity index (χ1) is 5.91. The first kappa shape index (κ1) is 12.4. The zero-order valence-corrected chi connectivity index (χ0v) is 8.96. The van der Waals surface area contributed by atoms with Crippen LogP contribution >= 0.6 is 0 Å². The fourth-order valence-corrected chi connectivity index (χ4v) is 0.771. The van der Waals surface area contributed by atoms with Crippen LogP contribution < -0.4 is 0 Å². The summed E-state index contributed by atoms with van der Waals surface area (Å²) in [7, 11) is 0. The molecule has 13 heavy (non-hydrogen) atoms. The Morgan fingerprint density at radius 1 is 1.54 bits per heavy atom. The van der Waals surface area contributed by atoms with Gasteiger partial charge in [-0.3, -0.25) is 4.79 Å². The molecular weight excluding hydrogens is 168 g/mol. The Balaban J connectivity index is 3.87. The molecule has 0 rings (SSSR count). The molecule has 0 saturated heterocycles. The van der Waals surface area contributed by atoms with E-state index < -0.39 is 0 Å². The second-order valence-corrected chi connectivity index (χ2v) is 4.08. The number of hydrogen-bond donors (Lipinski definition) is 1. The van der Waals surface area contributed by atoms with E-state index in [1.165, 1.54) is 0 Å². The molecule has 78 valence electrons. The average molecular weight is 188 g/mol. The quantitative estimate of drug-likeness (QED) is 0.668. The van der Waals surface area contributed by atoms with E-state index in [9.17, 15) is 4.79 Å². The number of carbonyl (C=O) groups is 1. The lowest BCUT2D eigenvalue weighted by Gasteiger charge is -2.23. The molecule has 0 aliphatic heterocycles. The second-order valence-electron chi connectivity index (χ2n) is 4.08. The van der Waals surface area contributed by atoms with Gasteiger partial charge >= 0.3 is 5.97 Å². The Morgan fingerprint density at radius 2 is 2.08 bits per heavy atom. The van der Waals surface area contributed by atoms with Gasteiger partial charge in [0.25, 0.3) is 0 Å². The summed E-state index contributed by atoms with van der Waals surface area (Å²) in [5.74, 6) is -0.242. The average Bonchev–Trinajstić information content (AvgIpc) is 2.03. The van der Waals surface area contributed by atoms with Crippen molar-refractivity contribution in [1.82, 2.24) is 0 Å². The number of aliphatic hydroxyl groups excluding tert-OH is 1. The minimum absolute atomic E-state index is 0.0137. The molecule has 0 aromatic heterocycles. The Hall–Kier alpha value is -0.570. The lowest BCUT2D eigenvalue weighted by Crippen LogP contribution is -2.28. The van der Waals surface area contributed by atoms with Gasteiger partial charge in [0.05, 0.1) is 6.42 Å². The van der Waals surface area contributed by atoms with Gasteiger partial charge in [0.1, 0.15) is 5.60 Å². The third-order valence-electron chi connectivity index (χ3n) is 2.07. The van der Waals surface area contributed by atoms with Crippen LogP contribution in [-0.2, 0) is 9.53 Å². The summed E-state index contributed by atoms with van der Waals surface area (Å²) in [4.78, 5) is 11.3. The van der Waals surface area contributed by atoms with Crippen LogP contribution in [0.1, 0.15) is 40.5 Å². The van der Waals surface area contributed by atoms with Gasteiger partial charge in [-0.1, -0.05) is 13.8 Å². The van der Waals surface area contributed by atoms with Gasteiger partial charge in [-0.05, 0) is 26.2 Å². The van der Waals surface area contributed by atoms with E-state index in [1.54, 1.807) is 0 Å². The molecule has 1 N–H and O–H groups in total. The SMILES string of the molecule is CCC(C)(C)OC(=O)CC(C)CO. The predicted octanol–water partition coefficient (Wildman–Crippen LogP) is 1.74. The molecule has 0 radical (unpaired) electrons. The van der Waals surface area contributed by atoms with Crippen LogP contribution in [0, 0.1) is 5.92 Å². The van der Waals surface area contributed by atoms with Crippen molar-refractivity contribution in [1.29, 1.82) is 0 Å². The molecule has 0 aromatic carbocycles. The predicted molar refractivity (Wildman–Crippen MR) is 51.3 cm³/mol. The maximum absolute atomic E-state index is 11.3. The molecule has 0 fully saturated rings. The highest BCUT2D eigenvalue weighted by Crippen LogP contribution is 2.15. The highest BCUT2D eigenvalue weighted by atomic mass is 16.6. The second kappa shape index (κ2) is 5.22. The van der Waals surface area contributed by atoms with Gasteiger partial charge in [0.2, 0.25) is 0 Å². The third kappa shape index (κ3) is 5.64. The van der Waals surface area contributed by atoms with Crippen molar-refractivity contribution in [3.8, 4) is 0 Å². The molecule has 0 amide bonds. The van der Waals surface area contributed by atoms with Gasteiger partial charge in [-0.25, -0.2) is 0 Å². The molecule has 0 aliphatic rings. The summed E-state index contributed by atoms with van der Waals surface area (Å²) in [6, 6.07) is 0. The van der Waals surface area contributed by atoms with E-state index >= 15 is 0 Å². The highest BCUT2D eigenvalue weighted by molar-refractivity contribution is 5.70. The first-order valence-corrected chi connectivity index (χ1v) is 4.74. The van der Waals surface area contributed by atoms with Gasteiger partial charge < -0.3 is 9.84 Å². The van der Waals surface area contributed by atoms with E-state index in [4.69, 9.17) is 9.84 Å². The van der Waals surface area contributed by atoms with Crippen molar-refractivity contribution in [3.63, 3.8) is 0 Å². The minimum atomic E-state index is -0.383. The zero-order chi connectivity index (χ0) is 10.5. The van der Waals surface area contributed by atoms with Crippen molar-refractivity contribution in [2.75, 3.05) is 6.61 Å². The van der Waals surface area contributed by atoms with Gasteiger partial charge in [0.15, 0.2) is 0 Å². The van der Waals surface area contributed by atoms with Crippen molar-refractivity contribution in [2.24, 2.45) is 5.92 Å². The lowest BCUT2D eigenvalue weighted by atomic mass is 10.1. The Labute approximate surface area is 80.1 Å². The molecular formula is C10H20O3. The molecule has 0 heterocycles. The molecule has 1 atom stereocenters. The Bertz CT molecular complexity index is 164. The largest absolute Gasteiger partial charge is 0.460 e. The van der Waals surface area contributed by atoms with E-state index in [0.717, 1.165) is 6.42 Å². The molecule has 0 aromatic rings. The molecule has 0 saturated carbocycles. The van der Waals surface area contributed by atoms with E-state index in [-0.39, 0.29) is 24.1 Å². The van der Waals surface area contributed by atoms with Crippen molar-refractivity contribution in [2.45, 2.75) is 46.1 Å². The molecule has 3 nitrogen and oxygen atoms in total. The first-order valence-electron chi connectivity index (χ1n) is 4.74. The van der Waals surface area contributed by atoms with Gasteiger partial charge in [-0.15, -0.1) is 0 Å². The monoisotopic (exact) mass is 188 g/mol. The number of esters is 1. The topological polar surface area (TPSA) is 46.5 Å².